The number of ether oxygens (including phenoxy) is 1. The highest BCUT2D eigenvalue weighted by atomic mass is 32.2. The summed E-state index contributed by atoms with van der Waals surface area (Å²) in [6, 6.07) is 8.94. The van der Waals surface area contributed by atoms with Gasteiger partial charge in [0.15, 0.2) is 5.82 Å². The summed E-state index contributed by atoms with van der Waals surface area (Å²) in [6.07, 6.45) is 4.80. The molecule has 15 heteroatoms. The Labute approximate surface area is 270 Å². The minimum Gasteiger partial charge on any atom is -0.494 e. The molecule has 7 rings (SSSR count). The molecule has 0 radical (unpaired) electrons. The lowest BCUT2D eigenvalue weighted by atomic mass is 9.98. The summed E-state index contributed by atoms with van der Waals surface area (Å²) in [5, 5.41) is 0.917. The van der Waals surface area contributed by atoms with E-state index in [-0.39, 0.29) is 43.5 Å². The molecule has 252 valence electrons. The number of fused-ring (bicyclic) bond motifs is 2. The van der Waals surface area contributed by atoms with E-state index in [0.29, 0.717) is 44.9 Å². The number of imidazole rings is 1. The van der Waals surface area contributed by atoms with E-state index < -0.39 is 21.4 Å². The van der Waals surface area contributed by atoms with Crippen molar-refractivity contribution in [2.75, 3.05) is 26.7 Å². The van der Waals surface area contributed by atoms with Gasteiger partial charge in [-0.3, -0.25) is 4.79 Å². The number of sulfonamides is 1. The summed E-state index contributed by atoms with van der Waals surface area (Å²) in [7, 11) is -3.92. The molecule has 3 aromatic heterocycles. The van der Waals surface area contributed by atoms with Gasteiger partial charge in [-0.25, -0.2) is 18.4 Å². The first kappa shape index (κ1) is 31.9. The van der Waals surface area contributed by atoms with Crippen LogP contribution in [0.2, 0.25) is 0 Å². The Morgan fingerprint density at radius 3 is 2.45 bits per heavy atom. The van der Waals surface area contributed by atoms with E-state index >= 15 is 0 Å². The highest BCUT2D eigenvalue weighted by molar-refractivity contribution is 7.90. The molecule has 1 aromatic carbocycles. The number of amides is 1. The number of nitrogens with two attached hydrogens (primary N) is 1. The third-order valence-electron chi connectivity index (χ3n) is 10.1. The summed E-state index contributed by atoms with van der Waals surface area (Å²) < 4.78 is 74.2. The van der Waals surface area contributed by atoms with E-state index in [1.165, 1.54) is 7.11 Å². The summed E-state index contributed by atoms with van der Waals surface area (Å²) in [5.74, 6) is 1.02. The molecule has 1 aliphatic carbocycles. The van der Waals surface area contributed by atoms with Crippen LogP contribution >= 0.6 is 0 Å². The van der Waals surface area contributed by atoms with E-state index in [4.69, 9.17) is 15.5 Å². The standard InChI is InChI=1S/C32H38F3N7O4S/c1-4-21-17-40(18(2)27(21)36)31(43)23-10-24-28(26(12-23)46-3)42(16-20-13-39(14-20)47(44,45)32(33,34)35)30(38-24)25-11-22-6-5-9-37-29(22)41(25)15-19-7-8-19/h5-6,9-12,18-21,27H,4,7-8,13-17,36H2,1-3H3/t18?,21?,27-/m0/s1. The average molecular weight is 674 g/mol. The average Bonchev–Trinajstić information content (AvgIpc) is 3.57. The second-order valence-corrected chi connectivity index (χ2v) is 15.1. The van der Waals surface area contributed by atoms with Crippen LogP contribution in [0.1, 0.15) is 43.5 Å². The van der Waals surface area contributed by atoms with Gasteiger partial charge in [0.2, 0.25) is 0 Å². The zero-order chi connectivity index (χ0) is 33.4. The van der Waals surface area contributed by atoms with Gasteiger partial charge in [-0.2, -0.15) is 17.5 Å². The number of carbonyl (C=O) groups excluding carboxylic acids is 1. The summed E-state index contributed by atoms with van der Waals surface area (Å²) in [6.45, 7) is 4.92. The van der Waals surface area contributed by atoms with Crippen LogP contribution in [0.4, 0.5) is 13.2 Å². The van der Waals surface area contributed by atoms with E-state index in [9.17, 15) is 26.4 Å². The molecule has 3 fully saturated rings. The smallest absolute Gasteiger partial charge is 0.494 e. The maximum absolute atomic E-state index is 13.9. The number of carbonyl (C=O) groups is 1. The van der Waals surface area contributed by atoms with Crippen molar-refractivity contribution in [2.24, 2.45) is 23.5 Å². The minimum absolute atomic E-state index is 0.134. The Kier molecular flexibility index (Phi) is 7.79. The van der Waals surface area contributed by atoms with Crippen LogP contribution in [0.25, 0.3) is 33.6 Å². The predicted octanol–water partition coefficient (Wildman–Crippen LogP) is 4.45. The summed E-state index contributed by atoms with van der Waals surface area (Å²) in [4.78, 5) is 25.4. The lowest BCUT2D eigenvalue weighted by Crippen LogP contribution is -2.54. The Morgan fingerprint density at radius 1 is 1.09 bits per heavy atom. The molecule has 2 saturated heterocycles. The number of methoxy groups -OCH3 is 1. The number of aromatic nitrogens is 4. The molecule has 4 aromatic rings. The molecule has 0 spiro atoms. The van der Waals surface area contributed by atoms with E-state index in [1.54, 1.807) is 23.2 Å². The Bertz CT molecular complexity index is 1960. The zero-order valence-corrected chi connectivity index (χ0v) is 27.3. The predicted molar refractivity (Wildman–Crippen MR) is 170 cm³/mol. The van der Waals surface area contributed by atoms with E-state index in [0.717, 1.165) is 42.5 Å². The zero-order valence-electron chi connectivity index (χ0n) is 26.4. The second-order valence-electron chi connectivity index (χ2n) is 13.2. The molecule has 2 unspecified atom stereocenters. The SMILES string of the molecule is CCC1CN(C(=O)c2cc(OC)c3c(c2)nc(-c2cc4cccnc4n2CC2CC2)n3CC2CN(S(=O)(=O)C(F)(F)F)C2)C(C)[C@@H]1N. The van der Waals surface area contributed by atoms with Crippen LogP contribution in [0.5, 0.6) is 5.75 Å². The van der Waals surface area contributed by atoms with Crippen molar-refractivity contribution < 1.29 is 31.1 Å². The van der Waals surface area contributed by atoms with E-state index in [2.05, 4.69) is 16.5 Å². The van der Waals surface area contributed by atoms with Crippen LogP contribution < -0.4 is 10.5 Å². The molecule has 0 bridgehead atoms. The van der Waals surface area contributed by atoms with Crippen molar-refractivity contribution in [1.29, 1.82) is 0 Å². The third-order valence-corrected chi connectivity index (χ3v) is 11.7. The second kappa shape index (κ2) is 11.5. The lowest BCUT2D eigenvalue weighted by Gasteiger charge is -2.38. The van der Waals surface area contributed by atoms with Crippen molar-refractivity contribution in [3.63, 3.8) is 0 Å². The molecule has 5 heterocycles. The molecule has 1 amide bonds. The molecule has 2 N–H and O–H groups in total. The molecule has 3 atom stereocenters. The number of hydrogen-bond acceptors (Lipinski definition) is 7. The fourth-order valence-electron chi connectivity index (χ4n) is 7.11. The van der Waals surface area contributed by atoms with Crippen LogP contribution in [0, 0.1) is 17.8 Å². The number of pyridine rings is 1. The monoisotopic (exact) mass is 673 g/mol. The minimum atomic E-state index is -5.42. The first-order valence-corrected chi connectivity index (χ1v) is 17.4. The number of nitrogens with zero attached hydrogens (tertiary/aromatic N) is 6. The summed E-state index contributed by atoms with van der Waals surface area (Å²) in [5.41, 5.74) is 4.11. The molecular formula is C32H38F3N7O4S. The summed E-state index contributed by atoms with van der Waals surface area (Å²) >= 11 is 0. The lowest BCUT2D eigenvalue weighted by molar-refractivity contribution is -0.0525. The van der Waals surface area contributed by atoms with Crippen molar-refractivity contribution in [3.8, 4) is 17.3 Å². The van der Waals surface area contributed by atoms with Gasteiger partial charge in [-0.05, 0) is 61.9 Å². The maximum atomic E-state index is 13.9. The van der Waals surface area contributed by atoms with Crippen LogP contribution in [0.3, 0.4) is 0 Å². The van der Waals surface area contributed by atoms with E-state index in [1.807, 2.05) is 29.7 Å². The van der Waals surface area contributed by atoms with Gasteiger partial charge in [0, 0.05) is 67.9 Å². The Balaban J connectivity index is 1.34. The Morgan fingerprint density at radius 2 is 1.81 bits per heavy atom. The molecular weight excluding hydrogens is 635 g/mol. The number of halogens is 3. The topological polar surface area (TPSA) is 129 Å². The number of alkyl halides is 3. The number of rotatable bonds is 9. The van der Waals surface area contributed by atoms with Gasteiger partial charge in [-0.1, -0.05) is 13.3 Å². The first-order valence-electron chi connectivity index (χ1n) is 16.0. The Hall–Kier alpha value is -3.69. The largest absolute Gasteiger partial charge is 0.511 e. The van der Waals surface area contributed by atoms with Crippen molar-refractivity contribution >= 4 is 38.0 Å². The number of hydrogen-bond donors (Lipinski definition) is 1. The highest BCUT2D eigenvalue weighted by Crippen LogP contribution is 2.40. The van der Waals surface area contributed by atoms with Gasteiger partial charge in [-0.15, -0.1) is 0 Å². The molecule has 11 nitrogen and oxygen atoms in total. The normalized spacial score (nSPS) is 22.8. The van der Waals surface area contributed by atoms with Gasteiger partial charge in [0.25, 0.3) is 5.91 Å². The van der Waals surface area contributed by atoms with Crippen LogP contribution in [-0.4, -0.2) is 87.0 Å². The fraction of sp³-hybridized carbons (Fsp3) is 0.531. The number of benzene rings is 1. The van der Waals surface area contributed by atoms with Crippen LogP contribution in [0.15, 0.2) is 36.5 Å². The van der Waals surface area contributed by atoms with Crippen molar-refractivity contribution in [3.05, 3.63) is 42.1 Å². The molecule has 47 heavy (non-hydrogen) atoms. The highest BCUT2D eigenvalue weighted by Gasteiger charge is 2.53. The molecule has 2 aliphatic heterocycles. The number of likely N-dealkylation sites (tertiary alicyclic amines) is 1. The molecule has 1 saturated carbocycles. The fourth-order valence-corrected chi connectivity index (χ4v) is 8.22. The first-order chi connectivity index (χ1) is 22.3. The maximum Gasteiger partial charge on any atom is 0.511 e. The van der Waals surface area contributed by atoms with Crippen LogP contribution in [-0.2, 0) is 23.1 Å². The van der Waals surface area contributed by atoms with Crippen molar-refractivity contribution in [1.82, 2.24) is 28.3 Å². The van der Waals surface area contributed by atoms with Gasteiger partial charge < -0.3 is 24.5 Å². The van der Waals surface area contributed by atoms with Crippen molar-refractivity contribution in [2.45, 2.75) is 63.8 Å². The molecule has 3 aliphatic rings. The van der Waals surface area contributed by atoms with Gasteiger partial charge >= 0.3 is 15.5 Å². The van der Waals surface area contributed by atoms with Gasteiger partial charge in [0.05, 0.1) is 18.3 Å². The quantitative estimate of drug-likeness (QED) is 0.278. The third kappa shape index (κ3) is 5.35. The van der Waals surface area contributed by atoms with Gasteiger partial charge in [0.1, 0.15) is 16.9 Å².